The van der Waals surface area contributed by atoms with E-state index in [1.54, 1.807) is 0 Å². The molecule has 0 heterocycles. The van der Waals surface area contributed by atoms with E-state index in [9.17, 15) is 0 Å². The van der Waals surface area contributed by atoms with Crippen molar-refractivity contribution in [1.29, 1.82) is 0 Å². The molecule has 0 bridgehead atoms. The third-order valence-electron chi connectivity index (χ3n) is 3.96. The topological polar surface area (TPSA) is 38.0 Å². The van der Waals surface area contributed by atoms with Crippen LogP contribution in [-0.2, 0) is 0 Å². The zero-order valence-electron chi connectivity index (χ0n) is 9.74. The zero-order chi connectivity index (χ0) is 10.7. The summed E-state index contributed by atoms with van der Waals surface area (Å²) in [5.41, 5.74) is 5.92. The van der Waals surface area contributed by atoms with E-state index in [0.29, 0.717) is 6.04 Å². The highest BCUT2D eigenvalue weighted by Gasteiger charge is 2.27. The van der Waals surface area contributed by atoms with Gasteiger partial charge in [-0.15, -0.1) is 0 Å². The van der Waals surface area contributed by atoms with Crippen molar-refractivity contribution in [1.82, 2.24) is 5.32 Å². The molecule has 2 nitrogen and oxygen atoms in total. The second-order valence-electron chi connectivity index (χ2n) is 5.15. The van der Waals surface area contributed by atoms with Crippen LogP contribution in [0.1, 0.15) is 44.9 Å². The van der Waals surface area contributed by atoms with Crippen molar-refractivity contribution < 1.29 is 0 Å². The van der Waals surface area contributed by atoms with Gasteiger partial charge in [-0.05, 0) is 51.2 Å². The van der Waals surface area contributed by atoms with Gasteiger partial charge in [-0.3, -0.25) is 0 Å². The number of nitrogens with two attached hydrogens (primary N) is 1. The minimum absolute atomic E-state index is 0.477. The fourth-order valence-electron chi connectivity index (χ4n) is 2.92. The average molecular weight is 228 g/mol. The first-order chi connectivity index (χ1) is 7.28. The van der Waals surface area contributed by atoms with Gasteiger partial charge in [0, 0.05) is 23.4 Å². The minimum atomic E-state index is 0.477. The summed E-state index contributed by atoms with van der Waals surface area (Å²) in [5.74, 6) is 0. The van der Waals surface area contributed by atoms with E-state index in [-0.39, 0.29) is 0 Å². The van der Waals surface area contributed by atoms with Gasteiger partial charge in [0.2, 0.25) is 0 Å². The molecule has 2 atom stereocenters. The first-order valence-electron chi connectivity index (χ1n) is 6.32. The fraction of sp³-hybridized carbons (Fsp3) is 1.00. The lowest BCUT2D eigenvalue weighted by Gasteiger charge is -2.29. The summed E-state index contributed by atoms with van der Waals surface area (Å²) in [4.78, 5) is 0. The van der Waals surface area contributed by atoms with Gasteiger partial charge in [-0.25, -0.2) is 0 Å². The second-order valence-corrected chi connectivity index (χ2v) is 6.28. The highest BCUT2D eigenvalue weighted by Crippen LogP contribution is 2.29. The molecule has 2 aliphatic carbocycles. The van der Waals surface area contributed by atoms with Crippen LogP contribution in [0.25, 0.3) is 0 Å². The molecule has 0 saturated heterocycles. The second kappa shape index (κ2) is 5.55. The molecule has 0 aromatic carbocycles. The zero-order valence-corrected chi connectivity index (χ0v) is 10.6. The summed E-state index contributed by atoms with van der Waals surface area (Å²) in [6, 6.07) is 2.03. The SMILES string of the molecule is CSC1CCC(NC2CCC(N)CC2)C1. The predicted molar refractivity (Wildman–Crippen MR) is 68.3 cm³/mol. The Bertz CT molecular complexity index is 190. The molecule has 88 valence electrons. The van der Waals surface area contributed by atoms with E-state index in [2.05, 4.69) is 11.6 Å². The Kier molecular flexibility index (Phi) is 4.35. The third kappa shape index (κ3) is 3.36. The molecule has 0 amide bonds. The first-order valence-corrected chi connectivity index (χ1v) is 7.61. The number of hydrogen-bond donors (Lipinski definition) is 2. The molecule has 0 aromatic rings. The average Bonchev–Trinajstić information content (AvgIpc) is 2.69. The fourth-order valence-corrected chi connectivity index (χ4v) is 3.72. The number of rotatable bonds is 3. The molecule has 2 aliphatic rings. The molecule has 2 rings (SSSR count). The molecule has 3 heteroatoms. The van der Waals surface area contributed by atoms with Crippen molar-refractivity contribution in [3.05, 3.63) is 0 Å². The maximum absolute atomic E-state index is 5.92. The first kappa shape index (κ1) is 11.7. The van der Waals surface area contributed by atoms with Crippen LogP contribution in [0.2, 0.25) is 0 Å². The maximum atomic E-state index is 5.92. The van der Waals surface area contributed by atoms with Crippen molar-refractivity contribution in [3.63, 3.8) is 0 Å². The van der Waals surface area contributed by atoms with Gasteiger partial charge >= 0.3 is 0 Å². The van der Waals surface area contributed by atoms with Crippen LogP contribution in [0.15, 0.2) is 0 Å². The standard InChI is InChI=1S/C12H24N2S/c1-15-12-7-6-11(8-12)14-10-4-2-9(13)3-5-10/h9-12,14H,2-8,13H2,1H3. The summed E-state index contributed by atoms with van der Waals surface area (Å²) in [6.07, 6.45) is 11.4. The maximum Gasteiger partial charge on any atom is 0.00805 e. The van der Waals surface area contributed by atoms with Crippen LogP contribution in [-0.4, -0.2) is 29.6 Å². The molecule has 2 unspecified atom stereocenters. The van der Waals surface area contributed by atoms with Crippen LogP contribution in [0.4, 0.5) is 0 Å². The molecule has 15 heavy (non-hydrogen) atoms. The van der Waals surface area contributed by atoms with Gasteiger partial charge in [0.15, 0.2) is 0 Å². The normalized spacial score (nSPS) is 42.0. The molecular formula is C12H24N2S. The van der Waals surface area contributed by atoms with Crippen molar-refractivity contribution in [2.45, 2.75) is 68.3 Å². The minimum Gasteiger partial charge on any atom is -0.328 e. The quantitative estimate of drug-likeness (QED) is 0.777. The van der Waals surface area contributed by atoms with E-state index in [4.69, 9.17) is 5.73 Å². The Hall–Kier alpha value is 0.270. The lowest BCUT2D eigenvalue weighted by atomic mass is 9.91. The highest BCUT2D eigenvalue weighted by atomic mass is 32.2. The van der Waals surface area contributed by atoms with Gasteiger partial charge in [0.1, 0.15) is 0 Å². The van der Waals surface area contributed by atoms with Crippen LogP contribution in [0, 0.1) is 0 Å². The van der Waals surface area contributed by atoms with Crippen LogP contribution < -0.4 is 11.1 Å². The summed E-state index contributed by atoms with van der Waals surface area (Å²) in [6.45, 7) is 0. The van der Waals surface area contributed by atoms with Crippen molar-refractivity contribution in [2.24, 2.45) is 5.73 Å². The van der Waals surface area contributed by atoms with Crippen molar-refractivity contribution >= 4 is 11.8 Å². The highest BCUT2D eigenvalue weighted by molar-refractivity contribution is 7.99. The number of hydrogen-bond acceptors (Lipinski definition) is 3. The molecule has 2 saturated carbocycles. The van der Waals surface area contributed by atoms with Gasteiger partial charge < -0.3 is 11.1 Å². The van der Waals surface area contributed by atoms with Crippen molar-refractivity contribution in [2.75, 3.05) is 6.26 Å². The molecule has 3 N–H and O–H groups in total. The molecule has 0 spiro atoms. The van der Waals surface area contributed by atoms with E-state index in [1.165, 1.54) is 44.9 Å². The Morgan fingerprint density at radius 3 is 2.27 bits per heavy atom. The van der Waals surface area contributed by atoms with Gasteiger partial charge in [-0.2, -0.15) is 11.8 Å². The smallest absolute Gasteiger partial charge is 0.00805 e. The van der Waals surface area contributed by atoms with Crippen LogP contribution in [0.3, 0.4) is 0 Å². The van der Waals surface area contributed by atoms with Gasteiger partial charge in [0.25, 0.3) is 0 Å². The van der Waals surface area contributed by atoms with Crippen LogP contribution in [0.5, 0.6) is 0 Å². The Morgan fingerprint density at radius 1 is 1.00 bits per heavy atom. The summed E-state index contributed by atoms with van der Waals surface area (Å²) < 4.78 is 0. The lowest BCUT2D eigenvalue weighted by Crippen LogP contribution is -2.41. The van der Waals surface area contributed by atoms with Crippen LogP contribution >= 0.6 is 11.8 Å². The molecule has 0 radical (unpaired) electrons. The van der Waals surface area contributed by atoms with E-state index < -0.39 is 0 Å². The number of nitrogens with one attached hydrogen (secondary N) is 1. The van der Waals surface area contributed by atoms with Gasteiger partial charge in [0.05, 0.1) is 0 Å². The summed E-state index contributed by atoms with van der Waals surface area (Å²) >= 11 is 2.04. The lowest BCUT2D eigenvalue weighted by molar-refractivity contribution is 0.315. The number of thioether (sulfide) groups is 1. The Balaban J connectivity index is 1.69. The third-order valence-corrected chi connectivity index (χ3v) is 5.06. The molecule has 0 aromatic heterocycles. The molecule has 2 fully saturated rings. The Morgan fingerprint density at radius 2 is 1.67 bits per heavy atom. The van der Waals surface area contributed by atoms with E-state index >= 15 is 0 Å². The molecular weight excluding hydrogens is 204 g/mol. The monoisotopic (exact) mass is 228 g/mol. The Labute approximate surface area is 97.8 Å². The molecule has 0 aliphatic heterocycles. The predicted octanol–water partition coefficient (Wildman–Crippen LogP) is 2.13. The largest absolute Gasteiger partial charge is 0.328 e. The summed E-state index contributed by atoms with van der Waals surface area (Å²) in [5, 5.41) is 4.74. The van der Waals surface area contributed by atoms with Crippen molar-refractivity contribution in [3.8, 4) is 0 Å². The van der Waals surface area contributed by atoms with Gasteiger partial charge in [-0.1, -0.05) is 0 Å². The van der Waals surface area contributed by atoms with E-state index in [0.717, 1.165) is 17.3 Å². The summed E-state index contributed by atoms with van der Waals surface area (Å²) in [7, 11) is 0. The van der Waals surface area contributed by atoms with E-state index in [1.807, 2.05) is 11.8 Å².